The van der Waals surface area contributed by atoms with Crippen LogP contribution in [0.4, 0.5) is 0 Å². The van der Waals surface area contributed by atoms with Crippen molar-refractivity contribution in [3.63, 3.8) is 0 Å². The Kier molecular flexibility index (Phi) is 5.46. The minimum atomic E-state index is -1.14. The van der Waals surface area contributed by atoms with Crippen LogP contribution in [0, 0.1) is 0 Å². The minimum Gasteiger partial charge on any atom is -0.497 e. The Morgan fingerprint density at radius 3 is 2.69 bits per heavy atom. The van der Waals surface area contributed by atoms with Gasteiger partial charge in [-0.3, -0.25) is 4.79 Å². The smallest absolute Gasteiger partial charge is 0.338 e. The van der Waals surface area contributed by atoms with Crippen molar-refractivity contribution in [3.05, 3.63) is 47.4 Å². The van der Waals surface area contributed by atoms with Gasteiger partial charge < -0.3 is 24.3 Å². The Labute approximate surface area is 150 Å². The van der Waals surface area contributed by atoms with Gasteiger partial charge in [0.1, 0.15) is 17.8 Å². The van der Waals surface area contributed by atoms with Gasteiger partial charge in [-0.1, -0.05) is 0 Å². The second-order valence-corrected chi connectivity index (χ2v) is 6.19. The molecule has 1 aromatic heterocycles. The third-order valence-electron chi connectivity index (χ3n) is 4.38. The van der Waals surface area contributed by atoms with E-state index in [-0.39, 0.29) is 24.0 Å². The summed E-state index contributed by atoms with van der Waals surface area (Å²) in [5.74, 6) is -0.308. The number of furan rings is 1. The van der Waals surface area contributed by atoms with Gasteiger partial charge in [-0.15, -0.1) is 0 Å². The molecule has 0 aliphatic heterocycles. The van der Waals surface area contributed by atoms with Crippen molar-refractivity contribution in [2.45, 2.75) is 38.3 Å². The number of nitrogens with one attached hydrogen (secondary N) is 1. The van der Waals surface area contributed by atoms with Gasteiger partial charge in [0.25, 0.3) is 5.91 Å². The van der Waals surface area contributed by atoms with E-state index >= 15 is 0 Å². The molecular weight excluding hydrogens is 338 g/mol. The van der Waals surface area contributed by atoms with Gasteiger partial charge in [0.15, 0.2) is 5.76 Å². The molecule has 0 radical (unpaired) electrons. The zero-order valence-corrected chi connectivity index (χ0v) is 14.5. The summed E-state index contributed by atoms with van der Waals surface area (Å²) in [4.78, 5) is 23.0. The van der Waals surface area contributed by atoms with Crippen LogP contribution in [-0.2, 0) is 6.54 Å². The molecule has 0 bridgehead atoms. The highest BCUT2D eigenvalue weighted by molar-refractivity contribution is 5.95. The zero-order chi connectivity index (χ0) is 18.5. The van der Waals surface area contributed by atoms with Crippen LogP contribution in [0.15, 0.2) is 34.9 Å². The molecule has 2 N–H and O–H groups in total. The highest BCUT2D eigenvalue weighted by Gasteiger charge is 2.19. The first-order chi connectivity index (χ1) is 12.6. The molecule has 7 nitrogen and oxygen atoms in total. The fourth-order valence-electron chi connectivity index (χ4n) is 2.93. The molecule has 0 unspecified atom stereocenters. The summed E-state index contributed by atoms with van der Waals surface area (Å²) < 4.78 is 16.4. The molecular formula is C19H21NO6. The Bertz CT molecular complexity index is 791. The van der Waals surface area contributed by atoms with Gasteiger partial charge in [0, 0.05) is 24.2 Å². The Hall–Kier alpha value is -2.96. The van der Waals surface area contributed by atoms with Crippen LogP contribution in [0.1, 0.15) is 52.2 Å². The standard InChI is InChI=1S/C19H21NO6/c1-24-15-7-6-12(16(9-15)26-14-4-2-3-5-14)10-20-18(21)17-8-13(11-25-17)19(22)23/h6-9,11,14H,2-5,10H2,1H3,(H,20,21)(H,22,23). The van der Waals surface area contributed by atoms with E-state index in [9.17, 15) is 9.59 Å². The molecule has 1 fully saturated rings. The van der Waals surface area contributed by atoms with Gasteiger partial charge in [0.05, 0.1) is 18.8 Å². The van der Waals surface area contributed by atoms with Crippen molar-refractivity contribution in [1.29, 1.82) is 0 Å². The lowest BCUT2D eigenvalue weighted by atomic mass is 10.1. The number of amides is 1. The molecule has 138 valence electrons. The molecule has 1 amide bonds. The first-order valence-corrected chi connectivity index (χ1v) is 8.50. The number of hydrogen-bond donors (Lipinski definition) is 2. The molecule has 1 saturated carbocycles. The lowest BCUT2D eigenvalue weighted by Crippen LogP contribution is -2.23. The number of hydrogen-bond acceptors (Lipinski definition) is 5. The maximum Gasteiger partial charge on any atom is 0.338 e. The van der Waals surface area contributed by atoms with Crippen LogP contribution in [-0.4, -0.2) is 30.2 Å². The van der Waals surface area contributed by atoms with Crippen molar-refractivity contribution < 1.29 is 28.6 Å². The average Bonchev–Trinajstić information content (AvgIpc) is 3.32. The lowest BCUT2D eigenvalue weighted by molar-refractivity contribution is 0.0695. The molecule has 26 heavy (non-hydrogen) atoms. The van der Waals surface area contributed by atoms with Crippen molar-refractivity contribution in [2.24, 2.45) is 0 Å². The number of carbonyl (C=O) groups excluding carboxylic acids is 1. The van der Waals surface area contributed by atoms with Crippen LogP contribution in [0.3, 0.4) is 0 Å². The Morgan fingerprint density at radius 2 is 2.04 bits per heavy atom. The maximum absolute atomic E-state index is 12.2. The number of carboxylic acid groups (broad SMARTS) is 1. The van der Waals surface area contributed by atoms with E-state index in [0.29, 0.717) is 11.5 Å². The van der Waals surface area contributed by atoms with E-state index in [1.807, 2.05) is 12.1 Å². The highest BCUT2D eigenvalue weighted by atomic mass is 16.5. The fraction of sp³-hybridized carbons (Fsp3) is 0.368. The first-order valence-electron chi connectivity index (χ1n) is 8.50. The van der Waals surface area contributed by atoms with Gasteiger partial charge in [-0.05, 0) is 37.8 Å². The van der Waals surface area contributed by atoms with Crippen LogP contribution in [0.2, 0.25) is 0 Å². The van der Waals surface area contributed by atoms with E-state index in [1.54, 1.807) is 13.2 Å². The fourth-order valence-corrected chi connectivity index (χ4v) is 2.93. The summed E-state index contributed by atoms with van der Waals surface area (Å²) >= 11 is 0. The molecule has 1 aliphatic carbocycles. The van der Waals surface area contributed by atoms with Gasteiger partial charge in [0.2, 0.25) is 0 Å². The third kappa shape index (κ3) is 4.17. The van der Waals surface area contributed by atoms with Gasteiger partial charge >= 0.3 is 5.97 Å². The first kappa shape index (κ1) is 17.8. The summed E-state index contributed by atoms with van der Waals surface area (Å²) in [7, 11) is 1.59. The van der Waals surface area contributed by atoms with Gasteiger partial charge in [-0.2, -0.15) is 0 Å². The third-order valence-corrected chi connectivity index (χ3v) is 4.38. The van der Waals surface area contributed by atoms with E-state index < -0.39 is 11.9 Å². The number of rotatable bonds is 7. The van der Waals surface area contributed by atoms with Crippen LogP contribution in [0.25, 0.3) is 0 Å². The van der Waals surface area contributed by atoms with E-state index in [2.05, 4.69) is 5.32 Å². The van der Waals surface area contributed by atoms with Crippen molar-refractivity contribution in [3.8, 4) is 11.5 Å². The normalized spacial score (nSPS) is 14.2. The number of carbonyl (C=O) groups is 2. The molecule has 1 aliphatic rings. The minimum absolute atomic E-state index is 0.0471. The molecule has 1 aromatic carbocycles. The summed E-state index contributed by atoms with van der Waals surface area (Å²) in [5, 5.41) is 11.6. The molecule has 0 spiro atoms. The second kappa shape index (κ2) is 7.95. The molecule has 1 heterocycles. The van der Waals surface area contributed by atoms with E-state index in [4.69, 9.17) is 19.0 Å². The predicted octanol–water partition coefficient (Wildman–Crippen LogP) is 3.24. The monoisotopic (exact) mass is 359 g/mol. The van der Waals surface area contributed by atoms with E-state index in [1.165, 1.54) is 6.07 Å². The van der Waals surface area contributed by atoms with Crippen LogP contribution in [0.5, 0.6) is 11.5 Å². The topological polar surface area (TPSA) is 98.0 Å². The van der Waals surface area contributed by atoms with Crippen molar-refractivity contribution in [2.75, 3.05) is 7.11 Å². The van der Waals surface area contributed by atoms with E-state index in [0.717, 1.165) is 37.5 Å². The summed E-state index contributed by atoms with van der Waals surface area (Å²) in [6.45, 7) is 0.230. The van der Waals surface area contributed by atoms with Crippen LogP contribution < -0.4 is 14.8 Å². The second-order valence-electron chi connectivity index (χ2n) is 6.19. The molecule has 0 atom stereocenters. The molecule has 2 aromatic rings. The lowest BCUT2D eigenvalue weighted by Gasteiger charge is -2.17. The largest absolute Gasteiger partial charge is 0.497 e. The summed E-state index contributed by atoms with van der Waals surface area (Å²) in [6.07, 6.45) is 5.58. The highest BCUT2D eigenvalue weighted by Crippen LogP contribution is 2.30. The number of aromatic carboxylic acids is 1. The summed E-state index contributed by atoms with van der Waals surface area (Å²) in [5.41, 5.74) is 0.751. The molecule has 0 saturated heterocycles. The predicted molar refractivity (Wildman–Crippen MR) is 92.7 cm³/mol. The van der Waals surface area contributed by atoms with Crippen molar-refractivity contribution >= 4 is 11.9 Å². The quantitative estimate of drug-likeness (QED) is 0.787. The number of carboxylic acids is 1. The molecule has 7 heteroatoms. The zero-order valence-electron chi connectivity index (χ0n) is 14.5. The Balaban J connectivity index is 1.69. The number of benzene rings is 1. The number of ether oxygens (including phenoxy) is 2. The Morgan fingerprint density at radius 1 is 1.27 bits per heavy atom. The SMILES string of the molecule is COc1ccc(CNC(=O)c2cc(C(=O)O)co2)c(OC2CCCC2)c1. The number of methoxy groups -OCH3 is 1. The average molecular weight is 359 g/mol. The van der Waals surface area contributed by atoms with Crippen molar-refractivity contribution in [1.82, 2.24) is 5.32 Å². The molecule has 3 rings (SSSR count). The summed E-state index contributed by atoms with van der Waals surface area (Å²) in [6, 6.07) is 6.66. The van der Waals surface area contributed by atoms with Gasteiger partial charge in [-0.25, -0.2) is 4.79 Å². The maximum atomic E-state index is 12.2. The van der Waals surface area contributed by atoms with Crippen LogP contribution >= 0.6 is 0 Å².